The van der Waals surface area contributed by atoms with E-state index in [1.807, 2.05) is 30.3 Å². The number of rotatable bonds is 6. The van der Waals surface area contributed by atoms with Crippen molar-refractivity contribution in [1.29, 1.82) is 0 Å². The first kappa shape index (κ1) is 13.7. The van der Waals surface area contributed by atoms with Gasteiger partial charge < -0.3 is 11.1 Å². The summed E-state index contributed by atoms with van der Waals surface area (Å²) >= 11 is 0. The normalized spacial score (nSPS) is 12.5. The van der Waals surface area contributed by atoms with Gasteiger partial charge in [-0.05, 0) is 17.9 Å². The lowest BCUT2D eigenvalue weighted by Crippen LogP contribution is -2.38. The van der Waals surface area contributed by atoms with Crippen LogP contribution in [0.2, 0.25) is 0 Å². The van der Waals surface area contributed by atoms with Crippen molar-refractivity contribution in [1.82, 2.24) is 5.32 Å². The maximum absolute atomic E-state index is 11.6. The van der Waals surface area contributed by atoms with Gasteiger partial charge in [-0.15, -0.1) is 0 Å². The molecule has 0 heterocycles. The number of amides is 1. The SMILES string of the molecule is CC(C)CC(N)CNC(=O)Cc1ccccc1. The van der Waals surface area contributed by atoms with Crippen molar-refractivity contribution in [2.75, 3.05) is 6.54 Å². The van der Waals surface area contributed by atoms with Crippen LogP contribution in [0.4, 0.5) is 0 Å². The monoisotopic (exact) mass is 234 g/mol. The van der Waals surface area contributed by atoms with E-state index in [0.717, 1.165) is 12.0 Å². The largest absolute Gasteiger partial charge is 0.354 e. The number of carbonyl (C=O) groups is 1. The summed E-state index contributed by atoms with van der Waals surface area (Å²) in [5, 5.41) is 2.87. The van der Waals surface area contributed by atoms with Gasteiger partial charge in [0, 0.05) is 12.6 Å². The molecule has 0 aliphatic carbocycles. The van der Waals surface area contributed by atoms with Crippen LogP contribution in [-0.4, -0.2) is 18.5 Å². The van der Waals surface area contributed by atoms with Crippen molar-refractivity contribution in [3.8, 4) is 0 Å². The van der Waals surface area contributed by atoms with Crippen molar-refractivity contribution < 1.29 is 4.79 Å². The van der Waals surface area contributed by atoms with Crippen LogP contribution in [0, 0.1) is 5.92 Å². The molecule has 0 saturated carbocycles. The van der Waals surface area contributed by atoms with Gasteiger partial charge in [0.05, 0.1) is 6.42 Å². The Hall–Kier alpha value is -1.35. The van der Waals surface area contributed by atoms with Crippen LogP contribution < -0.4 is 11.1 Å². The lowest BCUT2D eigenvalue weighted by Gasteiger charge is -2.14. The maximum atomic E-state index is 11.6. The van der Waals surface area contributed by atoms with Crippen molar-refractivity contribution in [3.63, 3.8) is 0 Å². The smallest absolute Gasteiger partial charge is 0.224 e. The van der Waals surface area contributed by atoms with Crippen LogP contribution in [0.15, 0.2) is 30.3 Å². The summed E-state index contributed by atoms with van der Waals surface area (Å²) < 4.78 is 0. The summed E-state index contributed by atoms with van der Waals surface area (Å²) in [6.07, 6.45) is 1.36. The predicted octanol–water partition coefficient (Wildman–Crippen LogP) is 1.72. The molecule has 0 aliphatic rings. The molecule has 0 radical (unpaired) electrons. The van der Waals surface area contributed by atoms with Crippen LogP contribution in [0.25, 0.3) is 0 Å². The molecule has 1 aromatic rings. The zero-order valence-electron chi connectivity index (χ0n) is 10.6. The summed E-state index contributed by atoms with van der Waals surface area (Å²) in [5.74, 6) is 0.603. The maximum Gasteiger partial charge on any atom is 0.224 e. The highest BCUT2D eigenvalue weighted by molar-refractivity contribution is 5.78. The quantitative estimate of drug-likeness (QED) is 0.787. The number of nitrogens with two attached hydrogens (primary N) is 1. The van der Waals surface area contributed by atoms with Gasteiger partial charge in [-0.25, -0.2) is 0 Å². The third kappa shape index (κ3) is 6.07. The highest BCUT2D eigenvalue weighted by atomic mass is 16.1. The van der Waals surface area contributed by atoms with Crippen LogP contribution in [-0.2, 0) is 11.2 Å². The number of hydrogen-bond donors (Lipinski definition) is 2. The Labute approximate surface area is 103 Å². The molecule has 94 valence electrons. The second kappa shape index (κ2) is 7.07. The summed E-state index contributed by atoms with van der Waals surface area (Å²) in [6, 6.07) is 9.77. The Morgan fingerprint density at radius 3 is 2.53 bits per heavy atom. The van der Waals surface area contributed by atoms with E-state index in [2.05, 4.69) is 19.2 Å². The van der Waals surface area contributed by atoms with E-state index in [1.54, 1.807) is 0 Å². The highest BCUT2D eigenvalue weighted by Crippen LogP contribution is 2.02. The van der Waals surface area contributed by atoms with Gasteiger partial charge in [-0.1, -0.05) is 44.2 Å². The zero-order chi connectivity index (χ0) is 12.7. The van der Waals surface area contributed by atoms with Crippen LogP contribution >= 0.6 is 0 Å². The van der Waals surface area contributed by atoms with Gasteiger partial charge in [0.2, 0.25) is 5.91 Å². The van der Waals surface area contributed by atoms with Gasteiger partial charge in [0.25, 0.3) is 0 Å². The fourth-order valence-electron chi connectivity index (χ4n) is 1.78. The van der Waals surface area contributed by atoms with Gasteiger partial charge in [0.1, 0.15) is 0 Å². The molecule has 0 spiro atoms. The first-order valence-electron chi connectivity index (χ1n) is 6.14. The molecule has 3 heteroatoms. The van der Waals surface area contributed by atoms with Crippen molar-refractivity contribution in [2.24, 2.45) is 11.7 Å². The molecule has 0 saturated heterocycles. The zero-order valence-corrected chi connectivity index (χ0v) is 10.6. The lowest BCUT2D eigenvalue weighted by atomic mass is 10.0. The average molecular weight is 234 g/mol. The Balaban J connectivity index is 2.26. The van der Waals surface area contributed by atoms with E-state index in [-0.39, 0.29) is 11.9 Å². The predicted molar refractivity (Wildman–Crippen MR) is 70.6 cm³/mol. The summed E-state index contributed by atoms with van der Waals surface area (Å²) in [7, 11) is 0. The van der Waals surface area contributed by atoms with Gasteiger partial charge in [-0.3, -0.25) is 4.79 Å². The molecular formula is C14H22N2O. The fourth-order valence-corrected chi connectivity index (χ4v) is 1.78. The number of carbonyl (C=O) groups excluding carboxylic acids is 1. The Morgan fingerprint density at radius 1 is 1.29 bits per heavy atom. The molecule has 1 amide bonds. The molecule has 1 rings (SSSR count). The van der Waals surface area contributed by atoms with Crippen LogP contribution in [0.3, 0.4) is 0 Å². The Morgan fingerprint density at radius 2 is 1.94 bits per heavy atom. The molecule has 3 nitrogen and oxygen atoms in total. The third-order valence-electron chi connectivity index (χ3n) is 2.54. The molecule has 0 fully saturated rings. The minimum Gasteiger partial charge on any atom is -0.354 e. The van der Waals surface area contributed by atoms with Gasteiger partial charge >= 0.3 is 0 Å². The first-order valence-corrected chi connectivity index (χ1v) is 6.14. The van der Waals surface area contributed by atoms with Crippen LogP contribution in [0.5, 0.6) is 0 Å². The van der Waals surface area contributed by atoms with E-state index in [1.165, 1.54) is 0 Å². The summed E-state index contributed by atoms with van der Waals surface area (Å²) in [6.45, 7) is 4.82. The minimum absolute atomic E-state index is 0.0374. The minimum atomic E-state index is 0.0374. The Kier molecular flexibility index (Phi) is 5.70. The van der Waals surface area contributed by atoms with Crippen molar-refractivity contribution in [3.05, 3.63) is 35.9 Å². The molecular weight excluding hydrogens is 212 g/mol. The van der Waals surface area contributed by atoms with E-state index in [4.69, 9.17) is 5.73 Å². The molecule has 0 aromatic heterocycles. The number of hydrogen-bond acceptors (Lipinski definition) is 2. The van der Waals surface area contributed by atoms with E-state index >= 15 is 0 Å². The van der Waals surface area contributed by atoms with Crippen molar-refractivity contribution >= 4 is 5.91 Å². The number of benzene rings is 1. The summed E-state index contributed by atoms with van der Waals surface area (Å²) in [5.41, 5.74) is 6.93. The van der Waals surface area contributed by atoms with E-state index in [9.17, 15) is 4.79 Å². The van der Waals surface area contributed by atoms with Crippen molar-refractivity contribution in [2.45, 2.75) is 32.7 Å². The highest BCUT2D eigenvalue weighted by Gasteiger charge is 2.08. The molecule has 1 aromatic carbocycles. The topological polar surface area (TPSA) is 55.1 Å². The Bertz CT molecular complexity index is 335. The fraction of sp³-hybridized carbons (Fsp3) is 0.500. The van der Waals surface area contributed by atoms with E-state index < -0.39 is 0 Å². The molecule has 1 unspecified atom stereocenters. The van der Waals surface area contributed by atoms with Crippen LogP contribution in [0.1, 0.15) is 25.8 Å². The molecule has 0 bridgehead atoms. The molecule has 17 heavy (non-hydrogen) atoms. The average Bonchev–Trinajstić information content (AvgIpc) is 2.27. The second-order valence-electron chi connectivity index (χ2n) is 4.86. The second-order valence-corrected chi connectivity index (χ2v) is 4.86. The lowest BCUT2D eigenvalue weighted by molar-refractivity contribution is -0.120. The third-order valence-corrected chi connectivity index (χ3v) is 2.54. The standard InChI is InChI=1S/C14H22N2O/c1-11(2)8-13(15)10-16-14(17)9-12-6-4-3-5-7-12/h3-7,11,13H,8-10,15H2,1-2H3,(H,16,17). The molecule has 1 atom stereocenters. The number of nitrogens with one attached hydrogen (secondary N) is 1. The summed E-state index contributed by atoms with van der Waals surface area (Å²) in [4.78, 5) is 11.6. The molecule has 3 N–H and O–H groups in total. The molecule has 0 aliphatic heterocycles. The van der Waals surface area contributed by atoms with E-state index in [0.29, 0.717) is 18.9 Å². The van der Waals surface area contributed by atoms with Gasteiger partial charge in [0.15, 0.2) is 0 Å². The van der Waals surface area contributed by atoms with Gasteiger partial charge in [-0.2, -0.15) is 0 Å². The first-order chi connectivity index (χ1) is 8.08.